The third-order valence-corrected chi connectivity index (χ3v) is 3.70. The van der Waals surface area contributed by atoms with Crippen molar-refractivity contribution in [3.63, 3.8) is 0 Å². The molecule has 1 N–H and O–H groups in total. The zero-order valence-electron chi connectivity index (χ0n) is 11.5. The molecule has 0 fully saturated rings. The van der Waals surface area contributed by atoms with Crippen molar-refractivity contribution in [2.24, 2.45) is 0 Å². The molecule has 0 radical (unpaired) electrons. The number of aryl methyl sites for hydroxylation is 1. The van der Waals surface area contributed by atoms with Gasteiger partial charge in [-0.3, -0.25) is 0 Å². The van der Waals surface area contributed by atoms with Gasteiger partial charge in [0.1, 0.15) is 5.82 Å². The summed E-state index contributed by atoms with van der Waals surface area (Å²) in [5.74, 6) is -0.317. The Morgan fingerprint density at radius 2 is 2.00 bits per heavy atom. The number of aromatic nitrogens is 1. The Kier molecular flexibility index (Phi) is 3.11. The average Bonchev–Trinajstić information content (AvgIpc) is 2.81. The molecule has 1 heterocycles. The first-order chi connectivity index (χ1) is 10.1. The van der Waals surface area contributed by atoms with Gasteiger partial charge in [-0.25, -0.2) is 4.39 Å². The van der Waals surface area contributed by atoms with Crippen LogP contribution in [0.4, 0.5) is 4.39 Å². The van der Waals surface area contributed by atoms with Crippen molar-refractivity contribution in [1.29, 1.82) is 5.26 Å². The summed E-state index contributed by atoms with van der Waals surface area (Å²) in [4.78, 5) is 0. The molecule has 2 aromatic carbocycles. The minimum Gasteiger partial charge on any atom is -0.494 e. The van der Waals surface area contributed by atoms with Crippen LogP contribution >= 0.6 is 0 Å². The van der Waals surface area contributed by atoms with Gasteiger partial charge in [-0.2, -0.15) is 5.26 Å². The van der Waals surface area contributed by atoms with Crippen LogP contribution in [0.2, 0.25) is 0 Å². The minimum absolute atomic E-state index is 0.0229. The Morgan fingerprint density at radius 3 is 2.76 bits per heavy atom. The number of hydrogen-bond donors (Lipinski definition) is 1. The molecule has 3 rings (SSSR count). The van der Waals surface area contributed by atoms with Crippen LogP contribution in [0.3, 0.4) is 0 Å². The van der Waals surface area contributed by atoms with E-state index in [-0.39, 0.29) is 11.7 Å². The number of fused-ring (bicyclic) bond motifs is 1. The quantitative estimate of drug-likeness (QED) is 0.777. The lowest BCUT2D eigenvalue weighted by molar-refractivity contribution is 0.429. The number of aromatic hydroxyl groups is 1. The first kappa shape index (κ1) is 13.2. The number of hydrogen-bond acceptors (Lipinski definition) is 2. The molecule has 104 valence electrons. The molecule has 3 aromatic rings. The molecular formula is C17H13FN2O. The van der Waals surface area contributed by atoms with E-state index in [9.17, 15) is 9.50 Å². The summed E-state index contributed by atoms with van der Waals surface area (Å²) in [6.07, 6.45) is 1.77. The number of halogens is 1. The standard InChI is InChI=1S/C17H13FN2O/c1-11-15(18)7-6-14-10-20(17(21)16(11)14)9-13-5-3-2-4-12(13)8-19/h2-7,10,21H,9H2,1H3. The van der Waals surface area contributed by atoms with Crippen molar-refractivity contribution in [3.05, 3.63) is 65.1 Å². The number of nitrogens with zero attached hydrogens (tertiary/aromatic N) is 2. The fourth-order valence-electron chi connectivity index (χ4n) is 2.56. The molecule has 0 bridgehead atoms. The number of rotatable bonds is 2. The van der Waals surface area contributed by atoms with Crippen molar-refractivity contribution in [1.82, 2.24) is 4.57 Å². The van der Waals surface area contributed by atoms with Crippen molar-refractivity contribution in [2.75, 3.05) is 0 Å². The van der Waals surface area contributed by atoms with Crippen LogP contribution in [0.25, 0.3) is 10.8 Å². The third kappa shape index (κ3) is 2.13. The highest BCUT2D eigenvalue weighted by atomic mass is 19.1. The molecule has 0 amide bonds. The summed E-state index contributed by atoms with van der Waals surface area (Å²) in [6.45, 7) is 2.01. The lowest BCUT2D eigenvalue weighted by atomic mass is 10.1. The van der Waals surface area contributed by atoms with Gasteiger partial charge in [0.2, 0.25) is 0 Å². The van der Waals surface area contributed by atoms with E-state index in [1.54, 1.807) is 35.9 Å². The zero-order chi connectivity index (χ0) is 15.0. The van der Waals surface area contributed by atoms with Crippen LogP contribution in [0.1, 0.15) is 16.7 Å². The predicted octanol–water partition coefficient (Wildman–Crippen LogP) is 3.71. The topological polar surface area (TPSA) is 49.0 Å². The lowest BCUT2D eigenvalue weighted by Crippen LogP contribution is -1.99. The lowest BCUT2D eigenvalue weighted by Gasteiger charge is -2.07. The van der Waals surface area contributed by atoms with Gasteiger partial charge in [0.15, 0.2) is 5.88 Å². The van der Waals surface area contributed by atoms with E-state index in [0.29, 0.717) is 23.1 Å². The number of nitriles is 1. The first-order valence-corrected chi connectivity index (χ1v) is 6.56. The van der Waals surface area contributed by atoms with Crippen LogP contribution in [0.15, 0.2) is 42.6 Å². The monoisotopic (exact) mass is 280 g/mol. The second-order valence-electron chi connectivity index (χ2n) is 4.99. The van der Waals surface area contributed by atoms with Crippen LogP contribution in [-0.4, -0.2) is 9.67 Å². The van der Waals surface area contributed by atoms with E-state index < -0.39 is 0 Å². The molecule has 1 aromatic heterocycles. The highest BCUT2D eigenvalue weighted by molar-refractivity contribution is 5.91. The van der Waals surface area contributed by atoms with Crippen LogP contribution in [0.5, 0.6) is 5.88 Å². The van der Waals surface area contributed by atoms with Crippen molar-refractivity contribution in [2.45, 2.75) is 13.5 Å². The van der Waals surface area contributed by atoms with Crippen molar-refractivity contribution < 1.29 is 9.50 Å². The second kappa shape index (κ2) is 4.95. The Hall–Kier alpha value is -2.80. The second-order valence-corrected chi connectivity index (χ2v) is 4.99. The van der Waals surface area contributed by atoms with Crippen molar-refractivity contribution in [3.8, 4) is 11.9 Å². The van der Waals surface area contributed by atoms with E-state index in [4.69, 9.17) is 5.26 Å². The van der Waals surface area contributed by atoms with Crippen LogP contribution in [0, 0.1) is 24.1 Å². The minimum atomic E-state index is -0.340. The summed E-state index contributed by atoms with van der Waals surface area (Å²) in [5, 5.41) is 20.7. The Bertz CT molecular complexity index is 874. The fraction of sp³-hybridized carbons (Fsp3) is 0.118. The molecule has 0 spiro atoms. The molecule has 4 heteroatoms. The summed E-state index contributed by atoms with van der Waals surface area (Å²) in [5.41, 5.74) is 1.81. The van der Waals surface area contributed by atoms with E-state index in [1.165, 1.54) is 6.07 Å². The zero-order valence-corrected chi connectivity index (χ0v) is 11.5. The summed E-state index contributed by atoms with van der Waals surface area (Å²) >= 11 is 0. The molecule has 0 saturated heterocycles. The maximum absolute atomic E-state index is 13.6. The van der Waals surface area contributed by atoms with E-state index in [2.05, 4.69) is 6.07 Å². The van der Waals surface area contributed by atoms with E-state index in [1.807, 2.05) is 12.1 Å². The van der Waals surface area contributed by atoms with Gasteiger partial charge in [-0.1, -0.05) is 18.2 Å². The summed E-state index contributed by atoms with van der Waals surface area (Å²) in [6, 6.07) is 12.4. The van der Waals surface area contributed by atoms with Gasteiger partial charge < -0.3 is 9.67 Å². The third-order valence-electron chi connectivity index (χ3n) is 3.70. The van der Waals surface area contributed by atoms with E-state index >= 15 is 0 Å². The van der Waals surface area contributed by atoms with Crippen molar-refractivity contribution >= 4 is 10.8 Å². The smallest absolute Gasteiger partial charge is 0.199 e. The largest absolute Gasteiger partial charge is 0.494 e. The first-order valence-electron chi connectivity index (χ1n) is 6.56. The summed E-state index contributed by atoms with van der Waals surface area (Å²) < 4.78 is 15.3. The molecular weight excluding hydrogens is 267 g/mol. The predicted molar refractivity (Wildman–Crippen MR) is 78.6 cm³/mol. The highest BCUT2D eigenvalue weighted by Gasteiger charge is 2.14. The van der Waals surface area contributed by atoms with Gasteiger partial charge in [0, 0.05) is 17.0 Å². The maximum Gasteiger partial charge on any atom is 0.199 e. The summed E-state index contributed by atoms with van der Waals surface area (Å²) in [7, 11) is 0. The molecule has 0 aliphatic rings. The van der Waals surface area contributed by atoms with Crippen LogP contribution < -0.4 is 0 Å². The van der Waals surface area contributed by atoms with Gasteiger partial charge in [-0.05, 0) is 36.2 Å². The molecule has 0 unspecified atom stereocenters. The average molecular weight is 280 g/mol. The van der Waals surface area contributed by atoms with Gasteiger partial charge in [0.05, 0.1) is 18.2 Å². The van der Waals surface area contributed by atoms with E-state index in [0.717, 1.165) is 10.9 Å². The normalized spacial score (nSPS) is 10.7. The fourth-order valence-corrected chi connectivity index (χ4v) is 2.56. The Morgan fingerprint density at radius 1 is 1.24 bits per heavy atom. The highest BCUT2D eigenvalue weighted by Crippen LogP contribution is 2.32. The molecule has 0 atom stereocenters. The molecule has 3 nitrogen and oxygen atoms in total. The van der Waals surface area contributed by atoms with Crippen LogP contribution in [-0.2, 0) is 6.54 Å². The maximum atomic E-state index is 13.6. The number of benzene rings is 2. The Balaban J connectivity index is 2.12. The SMILES string of the molecule is Cc1c(F)ccc2cn(Cc3ccccc3C#N)c(O)c12. The molecule has 21 heavy (non-hydrogen) atoms. The van der Waals surface area contributed by atoms with Gasteiger partial charge in [0.25, 0.3) is 0 Å². The molecule has 0 saturated carbocycles. The molecule has 0 aliphatic heterocycles. The van der Waals surface area contributed by atoms with Gasteiger partial charge >= 0.3 is 0 Å². The van der Waals surface area contributed by atoms with Gasteiger partial charge in [-0.15, -0.1) is 0 Å². The molecule has 0 aliphatic carbocycles. The Labute approximate surface area is 121 Å².